The normalized spacial score (nSPS) is 12.1. The van der Waals surface area contributed by atoms with Gasteiger partial charge in [0.15, 0.2) is 0 Å². The summed E-state index contributed by atoms with van der Waals surface area (Å²) in [4.78, 5) is 27.5. The van der Waals surface area contributed by atoms with E-state index in [-0.39, 0.29) is 12.5 Å². The summed E-state index contributed by atoms with van der Waals surface area (Å²) >= 11 is 0. The molecular formula is C24H33N3O5S. The number of ether oxygens (including phenoxy) is 1. The number of sulfonamides is 1. The lowest BCUT2D eigenvalue weighted by atomic mass is 10.1. The van der Waals surface area contributed by atoms with E-state index in [2.05, 4.69) is 5.32 Å². The topological polar surface area (TPSA) is 96.0 Å². The summed E-state index contributed by atoms with van der Waals surface area (Å²) < 4.78 is 31.6. The largest absolute Gasteiger partial charge is 0.497 e. The number of rotatable bonds is 10. The quantitative estimate of drug-likeness (QED) is 0.570. The molecule has 0 saturated carbocycles. The third-order valence-corrected chi connectivity index (χ3v) is 6.57. The minimum atomic E-state index is -3.75. The van der Waals surface area contributed by atoms with E-state index in [4.69, 9.17) is 4.74 Å². The maximum absolute atomic E-state index is 13.5. The van der Waals surface area contributed by atoms with Crippen molar-refractivity contribution in [1.82, 2.24) is 10.2 Å². The number of methoxy groups -OCH3 is 1. The summed E-state index contributed by atoms with van der Waals surface area (Å²) in [7, 11) is -0.674. The van der Waals surface area contributed by atoms with Crippen LogP contribution in [0.1, 0.15) is 30.0 Å². The Labute approximate surface area is 196 Å². The molecule has 1 unspecified atom stereocenters. The van der Waals surface area contributed by atoms with Crippen LogP contribution in [0.25, 0.3) is 0 Å². The highest BCUT2D eigenvalue weighted by atomic mass is 32.2. The van der Waals surface area contributed by atoms with Gasteiger partial charge < -0.3 is 15.0 Å². The molecule has 2 rings (SSSR count). The molecule has 2 aromatic rings. The van der Waals surface area contributed by atoms with Gasteiger partial charge >= 0.3 is 0 Å². The lowest BCUT2D eigenvalue weighted by molar-refractivity contribution is -0.140. The van der Waals surface area contributed by atoms with E-state index >= 15 is 0 Å². The van der Waals surface area contributed by atoms with Crippen LogP contribution in [0.4, 0.5) is 5.69 Å². The number of nitrogens with zero attached hydrogens (tertiary/aromatic N) is 2. The van der Waals surface area contributed by atoms with Gasteiger partial charge in [0.1, 0.15) is 18.3 Å². The second kappa shape index (κ2) is 11.2. The summed E-state index contributed by atoms with van der Waals surface area (Å²) in [6.07, 6.45) is 1.45. The van der Waals surface area contributed by atoms with Gasteiger partial charge in [0, 0.05) is 13.6 Å². The molecular weight excluding hydrogens is 442 g/mol. The molecule has 0 aromatic heterocycles. The SMILES string of the molecule is CCC(C(=O)NC)N(Cc1ccc(OC)cc1)C(=O)CN(c1ccc(C)cc1C)S(C)(=O)=O. The Kier molecular flexibility index (Phi) is 8.87. The highest BCUT2D eigenvalue weighted by molar-refractivity contribution is 7.92. The van der Waals surface area contributed by atoms with E-state index in [1.165, 1.54) is 11.9 Å². The fraction of sp³-hybridized carbons (Fsp3) is 0.417. The van der Waals surface area contributed by atoms with Crippen LogP contribution in [0.2, 0.25) is 0 Å². The molecule has 1 N–H and O–H groups in total. The van der Waals surface area contributed by atoms with Crippen LogP contribution >= 0.6 is 0 Å². The molecule has 33 heavy (non-hydrogen) atoms. The number of amides is 2. The first-order valence-electron chi connectivity index (χ1n) is 10.7. The summed E-state index contributed by atoms with van der Waals surface area (Å²) in [5, 5.41) is 2.60. The average Bonchev–Trinajstić information content (AvgIpc) is 2.77. The minimum absolute atomic E-state index is 0.152. The molecule has 0 fully saturated rings. The van der Waals surface area contributed by atoms with Gasteiger partial charge in [0.25, 0.3) is 0 Å². The maximum Gasteiger partial charge on any atom is 0.244 e. The second-order valence-electron chi connectivity index (χ2n) is 7.97. The van der Waals surface area contributed by atoms with Crippen molar-refractivity contribution in [3.05, 3.63) is 59.2 Å². The van der Waals surface area contributed by atoms with E-state index in [1.54, 1.807) is 38.3 Å². The van der Waals surface area contributed by atoms with Crippen molar-refractivity contribution in [2.24, 2.45) is 0 Å². The molecule has 0 saturated heterocycles. The van der Waals surface area contributed by atoms with Gasteiger partial charge in [-0.05, 0) is 49.6 Å². The lowest BCUT2D eigenvalue weighted by Gasteiger charge is -2.33. The number of carbonyl (C=O) groups is 2. The van der Waals surface area contributed by atoms with Gasteiger partial charge in [-0.1, -0.05) is 36.8 Å². The number of nitrogens with one attached hydrogen (secondary N) is 1. The number of aryl methyl sites for hydroxylation is 2. The smallest absolute Gasteiger partial charge is 0.244 e. The van der Waals surface area contributed by atoms with Crippen LogP contribution in [-0.2, 0) is 26.2 Å². The molecule has 0 aliphatic rings. The maximum atomic E-state index is 13.5. The van der Waals surface area contributed by atoms with E-state index in [1.807, 2.05) is 32.0 Å². The number of carbonyl (C=O) groups excluding carboxylic acids is 2. The molecule has 1 atom stereocenters. The third-order valence-electron chi connectivity index (χ3n) is 5.44. The van der Waals surface area contributed by atoms with Crippen molar-refractivity contribution in [3.63, 3.8) is 0 Å². The van der Waals surface area contributed by atoms with Crippen LogP contribution in [0.5, 0.6) is 5.75 Å². The summed E-state index contributed by atoms with van der Waals surface area (Å²) in [6, 6.07) is 11.8. The van der Waals surface area contributed by atoms with Crippen molar-refractivity contribution < 1.29 is 22.7 Å². The second-order valence-corrected chi connectivity index (χ2v) is 9.87. The molecule has 0 aliphatic carbocycles. The molecule has 0 spiro atoms. The summed E-state index contributed by atoms with van der Waals surface area (Å²) in [6.45, 7) is 5.27. The summed E-state index contributed by atoms with van der Waals surface area (Å²) in [5.74, 6) is -0.100. The van der Waals surface area contributed by atoms with Gasteiger partial charge in [-0.2, -0.15) is 0 Å². The minimum Gasteiger partial charge on any atom is -0.497 e. The van der Waals surface area contributed by atoms with Gasteiger partial charge in [-0.15, -0.1) is 0 Å². The zero-order valence-corrected chi connectivity index (χ0v) is 20.9. The van der Waals surface area contributed by atoms with Crippen LogP contribution in [0, 0.1) is 13.8 Å². The first kappa shape index (κ1) is 26.2. The van der Waals surface area contributed by atoms with Crippen LogP contribution in [0.3, 0.4) is 0 Å². The van der Waals surface area contributed by atoms with Gasteiger partial charge in [0.2, 0.25) is 21.8 Å². The van der Waals surface area contributed by atoms with Crippen molar-refractivity contribution in [2.75, 3.05) is 31.3 Å². The zero-order valence-electron chi connectivity index (χ0n) is 20.1. The van der Waals surface area contributed by atoms with Crippen molar-refractivity contribution >= 4 is 27.5 Å². The van der Waals surface area contributed by atoms with Crippen molar-refractivity contribution in [3.8, 4) is 5.75 Å². The molecule has 0 radical (unpaired) electrons. The fourth-order valence-corrected chi connectivity index (χ4v) is 4.60. The predicted octanol–water partition coefficient (Wildman–Crippen LogP) is 2.63. The molecule has 2 amide bonds. The average molecular weight is 476 g/mol. The van der Waals surface area contributed by atoms with Gasteiger partial charge in [-0.25, -0.2) is 8.42 Å². The Morgan fingerprint density at radius 3 is 2.21 bits per heavy atom. The van der Waals surface area contributed by atoms with Crippen LogP contribution in [-0.4, -0.2) is 58.1 Å². The fourth-order valence-electron chi connectivity index (χ4n) is 3.69. The van der Waals surface area contributed by atoms with Gasteiger partial charge in [-0.3, -0.25) is 13.9 Å². The number of hydrogen-bond donors (Lipinski definition) is 1. The molecule has 180 valence electrons. The number of hydrogen-bond acceptors (Lipinski definition) is 5. The Hall–Kier alpha value is -3.07. The predicted molar refractivity (Wildman–Crippen MR) is 130 cm³/mol. The Morgan fingerprint density at radius 2 is 1.73 bits per heavy atom. The van der Waals surface area contributed by atoms with Crippen LogP contribution in [0.15, 0.2) is 42.5 Å². The first-order chi connectivity index (χ1) is 15.5. The Morgan fingerprint density at radius 1 is 1.09 bits per heavy atom. The molecule has 0 bridgehead atoms. The first-order valence-corrected chi connectivity index (χ1v) is 12.6. The monoisotopic (exact) mass is 475 g/mol. The molecule has 0 heterocycles. The van der Waals surface area contributed by atoms with E-state index < -0.39 is 28.5 Å². The standard InChI is InChI=1S/C24H33N3O5S/c1-7-21(24(29)25-4)26(15-19-9-11-20(32-5)12-10-19)23(28)16-27(33(6,30)31)22-13-8-17(2)14-18(22)3/h8-14,21H,7,15-16H2,1-6H3,(H,25,29). The molecule has 2 aromatic carbocycles. The van der Waals surface area contributed by atoms with E-state index in [9.17, 15) is 18.0 Å². The molecule has 8 nitrogen and oxygen atoms in total. The zero-order chi connectivity index (χ0) is 24.8. The highest BCUT2D eigenvalue weighted by Crippen LogP contribution is 2.24. The molecule has 9 heteroatoms. The van der Waals surface area contributed by atoms with E-state index in [0.29, 0.717) is 17.9 Å². The van der Waals surface area contributed by atoms with E-state index in [0.717, 1.165) is 27.3 Å². The Balaban J connectivity index is 2.44. The third kappa shape index (κ3) is 6.71. The van der Waals surface area contributed by atoms with Crippen molar-refractivity contribution in [2.45, 2.75) is 39.8 Å². The van der Waals surface area contributed by atoms with Crippen molar-refractivity contribution in [1.29, 1.82) is 0 Å². The van der Waals surface area contributed by atoms with Gasteiger partial charge in [0.05, 0.1) is 19.1 Å². The number of likely N-dealkylation sites (N-methyl/N-ethyl adjacent to an activating group) is 1. The number of benzene rings is 2. The summed E-state index contributed by atoms with van der Waals surface area (Å²) in [5.41, 5.74) is 2.97. The Bertz CT molecular complexity index is 1080. The molecule has 0 aliphatic heterocycles. The lowest BCUT2D eigenvalue weighted by Crippen LogP contribution is -2.51. The highest BCUT2D eigenvalue weighted by Gasteiger charge is 2.31. The number of anilines is 1. The van der Waals surface area contributed by atoms with Crippen LogP contribution < -0.4 is 14.4 Å².